The number of hydrogen-bond acceptors (Lipinski definition) is 5. The van der Waals surface area contributed by atoms with Gasteiger partial charge in [-0.15, -0.1) is 0 Å². The van der Waals surface area contributed by atoms with E-state index in [1.54, 1.807) is 4.90 Å². The normalized spacial score (nSPS) is 32.8. The van der Waals surface area contributed by atoms with Crippen molar-refractivity contribution in [3.05, 3.63) is 45.6 Å². The van der Waals surface area contributed by atoms with Gasteiger partial charge in [0.25, 0.3) is 0 Å². The molecule has 1 spiro atoms. The number of carbonyl (C=O) groups is 2. The summed E-state index contributed by atoms with van der Waals surface area (Å²) in [6.45, 7) is 1.86. The van der Waals surface area contributed by atoms with Crippen LogP contribution in [0.3, 0.4) is 0 Å². The van der Waals surface area contributed by atoms with Crippen LogP contribution in [-0.2, 0) is 26.3 Å². The average Bonchev–Trinajstić information content (AvgIpc) is 3.28. The van der Waals surface area contributed by atoms with E-state index in [0.29, 0.717) is 12.8 Å². The fourth-order valence-corrected chi connectivity index (χ4v) is 6.38. The second-order valence-corrected chi connectivity index (χ2v) is 8.63. The summed E-state index contributed by atoms with van der Waals surface area (Å²) in [5.41, 5.74) is 2.22. The molecule has 2 aliphatic heterocycles. The van der Waals surface area contributed by atoms with Gasteiger partial charge in [-0.2, -0.15) is 0 Å². The van der Waals surface area contributed by atoms with Gasteiger partial charge in [-0.05, 0) is 24.0 Å². The molecule has 1 saturated heterocycles. The van der Waals surface area contributed by atoms with Crippen LogP contribution < -0.4 is 0 Å². The molecule has 2 fully saturated rings. The molecule has 152 valence electrons. The monoisotopic (exact) mass is 397 g/mol. The second kappa shape index (κ2) is 6.05. The van der Waals surface area contributed by atoms with Gasteiger partial charge in [0.15, 0.2) is 0 Å². The number of fused-ring (bicyclic) bond motifs is 3. The number of esters is 1. The van der Waals surface area contributed by atoms with Gasteiger partial charge in [0, 0.05) is 46.2 Å². The lowest BCUT2D eigenvalue weighted by molar-refractivity contribution is -0.491. The molecule has 5 rings (SSSR count). The Morgan fingerprint density at radius 1 is 1.38 bits per heavy atom. The van der Waals surface area contributed by atoms with Crippen LogP contribution in [-0.4, -0.2) is 46.4 Å². The summed E-state index contributed by atoms with van der Waals surface area (Å²) < 4.78 is 5.06. The first-order chi connectivity index (χ1) is 13.9. The van der Waals surface area contributed by atoms with Gasteiger partial charge in [0.05, 0.1) is 12.6 Å². The van der Waals surface area contributed by atoms with Gasteiger partial charge in [0.2, 0.25) is 12.5 Å². The highest BCUT2D eigenvalue weighted by molar-refractivity contribution is 5.92. The Labute approximate surface area is 167 Å². The Morgan fingerprint density at radius 2 is 2.14 bits per heavy atom. The molecule has 5 atom stereocenters. The van der Waals surface area contributed by atoms with Gasteiger partial charge in [0.1, 0.15) is 6.04 Å². The van der Waals surface area contributed by atoms with Crippen molar-refractivity contribution in [2.45, 2.75) is 37.8 Å². The number of nitrogens with zero attached hydrogens (tertiary/aromatic N) is 2. The summed E-state index contributed by atoms with van der Waals surface area (Å²) in [7, 11) is 1.34. The first-order valence-electron chi connectivity index (χ1n) is 10.00. The topological polar surface area (TPSA) is 106 Å². The number of rotatable bonds is 3. The number of nitro groups is 1. The minimum atomic E-state index is -0.720. The second-order valence-electron chi connectivity index (χ2n) is 8.63. The lowest BCUT2D eigenvalue weighted by Crippen LogP contribution is -2.58. The fraction of sp³-hybridized carbons (Fsp3) is 0.524. The van der Waals surface area contributed by atoms with E-state index in [9.17, 15) is 19.7 Å². The highest BCUT2D eigenvalue weighted by Crippen LogP contribution is 2.62. The highest BCUT2D eigenvalue weighted by atomic mass is 16.6. The number of ether oxygens (including phenoxy) is 1. The van der Waals surface area contributed by atoms with Crippen LogP contribution in [0, 0.1) is 27.9 Å². The van der Waals surface area contributed by atoms with Gasteiger partial charge in [-0.25, -0.2) is 4.79 Å². The van der Waals surface area contributed by atoms with E-state index in [1.807, 2.05) is 31.2 Å². The van der Waals surface area contributed by atoms with E-state index < -0.39 is 17.6 Å². The number of amides is 1. The van der Waals surface area contributed by atoms with Crippen LogP contribution >= 0.6 is 0 Å². The molecule has 3 unspecified atom stereocenters. The summed E-state index contributed by atoms with van der Waals surface area (Å²) >= 11 is 0. The zero-order chi connectivity index (χ0) is 20.5. The maximum absolute atomic E-state index is 13.1. The number of benzene rings is 1. The Morgan fingerprint density at radius 3 is 2.86 bits per heavy atom. The minimum absolute atomic E-state index is 0.0664. The van der Waals surface area contributed by atoms with Crippen molar-refractivity contribution in [1.29, 1.82) is 0 Å². The summed E-state index contributed by atoms with van der Waals surface area (Å²) in [5.74, 6) is -0.893. The standard InChI is InChI=1S/C21H23N3O5/c1-11-9-21-15(14(11)10-23(27)28)8-18(25)24(21)17(20(26)29-2)7-13-12-5-3-4-6-16(12)22-19(13)21/h3-6,11,14-15,17,22H,7-10H2,1-2H3/t11-,14?,15-,17?,21?/m0/s1. The molecule has 8 heteroatoms. The molecular weight excluding hydrogens is 374 g/mol. The predicted molar refractivity (Wildman–Crippen MR) is 104 cm³/mol. The lowest BCUT2D eigenvalue weighted by atomic mass is 9.76. The average molecular weight is 397 g/mol. The van der Waals surface area contributed by atoms with Gasteiger partial charge in [-0.1, -0.05) is 25.1 Å². The summed E-state index contributed by atoms with van der Waals surface area (Å²) in [4.78, 5) is 42.2. The number of para-hydroxylation sites is 1. The Hall–Kier alpha value is -2.90. The predicted octanol–water partition coefficient (Wildman–Crippen LogP) is 2.24. The molecule has 3 heterocycles. The molecule has 29 heavy (non-hydrogen) atoms. The number of aromatic nitrogens is 1. The quantitative estimate of drug-likeness (QED) is 0.486. The minimum Gasteiger partial charge on any atom is -0.467 e. The number of H-pyrrole nitrogens is 1. The van der Waals surface area contributed by atoms with E-state index in [0.717, 1.165) is 22.2 Å². The van der Waals surface area contributed by atoms with Crippen molar-refractivity contribution >= 4 is 22.8 Å². The molecule has 1 aromatic carbocycles. The zero-order valence-electron chi connectivity index (χ0n) is 16.4. The lowest BCUT2D eigenvalue weighted by Gasteiger charge is -2.46. The van der Waals surface area contributed by atoms with E-state index >= 15 is 0 Å². The number of carbonyl (C=O) groups excluding carboxylic acids is 2. The van der Waals surface area contributed by atoms with Gasteiger partial charge < -0.3 is 14.6 Å². The summed E-state index contributed by atoms with van der Waals surface area (Å²) in [6.07, 6.45) is 1.22. The molecule has 1 amide bonds. The fourth-order valence-electron chi connectivity index (χ4n) is 6.38. The van der Waals surface area contributed by atoms with E-state index in [2.05, 4.69) is 4.98 Å². The third-order valence-corrected chi connectivity index (χ3v) is 7.38. The van der Waals surface area contributed by atoms with Crippen LogP contribution in [0.15, 0.2) is 24.3 Å². The third-order valence-electron chi connectivity index (χ3n) is 7.38. The summed E-state index contributed by atoms with van der Waals surface area (Å²) in [5, 5.41) is 12.4. The number of aromatic amines is 1. The van der Waals surface area contributed by atoms with Crippen molar-refractivity contribution in [2.75, 3.05) is 13.7 Å². The molecule has 0 bridgehead atoms. The number of hydrogen-bond donors (Lipinski definition) is 1. The Kier molecular flexibility index (Phi) is 3.78. The maximum Gasteiger partial charge on any atom is 0.328 e. The molecule has 0 radical (unpaired) electrons. The molecule has 1 aliphatic carbocycles. The molecule has 8 nitrogen and oxygen atoms in total. The molecular formula is C21H23N3O5. The highest BCUT2D eigenvalue weighted by Gasteiger charge is 2.68. The van der Waals surface area contributed by atoms with Crippen LogP contribution in [0.5, 0.6) is 0 Å². The maximum atomic E-state index is 13.1. The van der Waals surface area contributed by atoms with Crippen molar-refractivity contribution in [3.8, 4) is 0 Å². The largest absolute Gasteiger partial charge is 0.467 e. The SMILES string of the molecule is COC(=O)C1Cc2c([nH]c3ccccc23)C23C[C@H](C)C(C[N+](=O)[O-])[C@@H]2CC(=O)N13. The molecule has 3 aliphatic rings. The van der Waals surface area contributed by atoms with Crippen molar-refractivity contribution < 1.29 is 19.2 Å². The van der Waals surface area contributed by atoms with E-state index in [1.165, 1.54) is 7.11 Å². The van der Waals surface area contributed by atoms with Gasteiger partial charge >= 0.3 is 5.97 Å². The van der Waals surface area contributed by atoms with Crippen molar-refractivity contribution in [3.63, 3.8) is 0 Å². The molecule has 1 N–H and O–H groups in total. The van der Waals surface area contributed by atoms with Crippen LogP contribution in [0.2, 0.25) is 0 Å². The molecule has 1 aromatic heterocycles. The smallest absolute Gasteiger partial charge is 0.328 e. The van der Waals surface area contributed by atoms with Crippen molar-refractivity contribution in [1.82, 2.24) is 9.88 Å². The van der Waals surface area contributed by atoms with E-state index in [4.69, 9.17) is 4.74 Å². The van der Waals surface area contributed by atoms with Crippen LogP contribution in [0.25, 0.3) is 10.9 Å². The zero-order valence-corrected chi connectivity index (χ0v) is 16.4. The van der Waals surface area contributed by atoms with Gasteiger partial charge in [-0.3, -0.25) is 14.9 Å². The number of nitrogens with one attached hydrogen (secondary N) is 1. The Bertz CT molecular complexity index is 1050. The first kappa shape index (κ1) is 18.1. The van der Waals surface area contributed by atoms with Crippen molar-refractivity contribution in [2.24, 2.45) is 17.8 Å². The molecule has 2 aromatic rings. The molecule has 1 saturated carbocycles. The summed E-state index contributed by atoms with van der Waals surface area (Å²) in [6, 6.07) is 7.20. The first-order valence-corrected chi connectivity index (χ1v) is 10.00. The number of methoxy groups -OCH3 is 1. The van der Waals surface area contributed by atoms with E-state index in [-0.39, 0.29) is 41.5 Å². The van der Waals surface area contributed by atoms with Crippen LogP contribution in [0.1, 0.15) is 31.0 Å². The third kappa shape index (κ3) is 2.25. The Balaban J connectivity index is 1.76. The van der Waals surface area contributed by atoms with Crippen LogP contribution in [0.4, 0.5) is 0 Å².